The van der Waals surface area contributed by atoms with Gasteiger partial charge in [0.2, 0.25) is 0 Å². The topological polar surface area (TPSA) is 26.0 Å². The minimum absolute atomic E-state index is 0. The average Bonchev–Trinajstić information content (AvgIpc) is 3.53. The molecule has 0 spiro atoms. The van der Waals surface area contributed by atoms with Gasteiger partial charge in [-0.15, -0.1) is 29.8 Å². The molecule has 1 nitrogen and oxygen atoms in total. The number of hydrogen-bond donors (Lipinski definition) is 1. The molecule has 2 heteroatoms. The number of fused-ring (bicyclic) bond motifs is 6. The third kappa shape index (κ3) is 7.37. The average molecular weight is 656 g/mol. The van der Waals surface area contributed by atoms with Crippen LogP contribution in [0.1, 0.15) is 27.8 Å². The predicted molar refractivity (Wildman–Crippen MR) is 156 cm³/mol. The molecule has 0 saturated carbocycles. The summed E-state index contributed by atoms with van der Waals surface area (Å²) >= 11 is 0. The summed E-state index contributed by atoms with van der Waals surface area (Å²) in [5, 5.41) is 0. The van der Waals surface area contributed by atoms with Crippen molar-refractivity contribution in [1.29, 1.82) is 0 Å². The SMILES string of the molecule is C=[C-]c1ccccc1.[CH2-]CN.[Hf+4].[c-]1cccc2c1Cc1ccccc1-2.[c-]1cccc2c1Cc1ccccc1-2. The molecule has 0 fully saturated rings. The number of hydrogen-bond acceptors (Lipinski definition) is 1. The maximum Gasteiger partial charge on any atom is 4.00 e. The first-order valence-electron chi connectivity index (χ1n) is 12.5. The zero-order valence-electron chi connectivity index (χ0n) is 21.6. The Hall–Kier alpha value is -3.33. The fraction of sp³-hybridized carbons (Fsp3) is 0.0833. The van der Waals surface area contributed by atoms with E-state index in [1.165, 1.54) is 44.5 Å². The Morgan fingerprint density at radius 3 is 1.45 bits per heavy atom. The molecule has 0 amide bonds. The second kappa shape index (κ2) is 15.2. The summed E-state index contributed by atoms with van der Waals surface area (Å²) in [5.41, 5.74) is 16.8. The van der Waals surface area contributed by atoms with Crippen LogP contribution in [0.5, 0.6) is 0 Å². The standard InChI is InChI=1S/2C13H9.C8H7.C2H6N.Hf/c2*1-3-7-12-10(5-1)9-11-6-2-4-8-13(11)12;1-2-8-6-4-3-5-7-8;1-2-3;/h2*1-5,7-8H,9H2;3-7H,1H2;1-3H2;/q4*-1;+4. The van der Waals surface area contributed by atoms with Crippen molar-refractivity contribution in [2.24, 2.45) is 5.73 Å². The molecule has 0 bridgehead atoms. The van der Waals surface area contributed by atoms with Gasteiger partial charge in [-0.05, 0) is 12.8 Å². The molecule has 7 rings (SSSR count). The molecule has 0 unspecified atom stereocenters. The van der Waals surface area contributed by atoms with Crippen LogP contribution in [0.4, 0.5) is 0 Å². The van der Waals surface area contributed by atoms with Gasteiger partial charge >= 0.3 is 25.8 Å². The van der Waals surface area contributed by atoms with Crippen LogP contribution >= 0.6 is 0 Å². The minimum atomic E-state index is 0. The van der Waals surface area contributed by atoms with Crippen molar-refractivity contribution in [2.45, 2.75) is 12.8 Å². The van der Waals surface area contributed by atoms with Gasteiger partial charge in [-0.1, -0.05) is 76.9 Å². The summed E-state index contributed by atoms with van der Waals surface area (Å²) in [6.45, 7) is 7.27. The van der Waals surface area contributed by atoms with E-state index in [1.807, 2.05) is 42.5 Å². The smallest absolute Gasteiger partial charge is 0.360 e. The normalized spacial score (nSPS) is 10.7. The van der Waals surface area contributed by atoms with Gasteiger partial charge in [0, 0.05) is 0 Å². The van der Waals surface area contributed by atoms with Crippen molar-refractivity contribution < 1.29 is 25.8 Å². The third-order valence-electron chi connectivity index (χ3n) is 6.21. The van der Waals surface area contributed by atoms with Gasteiger partial charge in [0.1, 0.15) is 0 Å². The molecule has 38 heavy (non-hydrogen) atoms. The number of nitrogens with two attached hydrogens (primary N) is 1. The Morgan fingerprint density at radius 2 is 1.03 bits per heavy atom. The molecule has 5 aromatic rings. The summed E-state index contributed by atoms with van der Waals surface area (Å²) in [6.07, 6.45) is 4.87. The Balaban J connectivity index is 0.000000152. The maximum absolute atomic E-state index is 4.74. The molecule has 0 heterocycles. The number of benzene rings is 5. The van der Waals surface area contributed by atoms with E-state index in [1.54, 1.807) is 0 Å². The van der Waals surface area contributed by atoms with E-state index in [4.69, 9.17) is 5.73 Å². The monoisotopic (exact) mass is 657 g/mol. The summed E-state index contributed by atoms with van der Waals surface area (Å²) in [4.78, 5) is 0. The van der Waals surface area contributed by atoms with Gasteiger partial charge in [0.25, 0.3) is 0 Å². The first kappa shape index (κ1) is 29.2. The van der Waals surface area contributed by atoms with E-state index in [-0.39, 0.29) is 25.8 Å². The maximum atomic E-state index is 4.74. The molecule has 0 radical (unpaired) electrons. The van der Waals surface area contributed by atoms with Crippen molar-refractivity contribution in [3.63, 3.8) is 0 Å². The fourth-order valence-electron chi connectivity index (χ4n) is 4.55. The molecule has 5 aromatic carbocycles. The third-order valence-corrected chi connectivity index (χ3v) is 6.21. The Labute approximate surface area is 246 Å². The van der Waals surface area contributed by atoms with Crippen molar-refractivity contribution >= 4 is 0 Å². The summed E-state index contributed by atoms with van der Waals surface area (Å²) < 4.78 is 0. The van der Waals surface area contributed by atoms with Crippen LogP contribution in [0.25, 0.3) is 22.3 Å². The molecule has 0 aliphatic heterocycles. The van der Waals surface area contributed by atoms with Crippen LogP contribution in [0.2, 0.25) is 0 Å². The molecular weight excluding hydrogens is 625 g/mol. The van der Waals surface area contributed by atoms with Gasteiger partial charge in [0.15, 0.2) is 0 Å². The summed E-state index contributed by atoms with van der Waals surface area (Å²) in [7, 11) is 0. The second-order valence-electron chi connectivity index (χ2n) is 8.62. The van der Waals surface area contributed by atoms with E-state index in [0.29, 0.717) is 6.54 Å². The van der Waals surface area contributed by atoms with Crippen LogP contribution in [0, 0.1) is 25.1 Å². The zero-order chi connectivity index (χ0) is 25.9. The minimum Gasteiger partial charge on any atom is -0.360 e. The molecule has 2 N–H and O–H groups in total. The quantitative estimate of drug-likeness (QED) is 0.141. The van der Waals surface area contributed by atoms with E-state index in [0.717, 1.165) is 18.4 Å². The predicted octanol–water partition coefficient (Wildman–Crippen LogP) is 7.92. The van der Waals surface area contributed by atoms with Crippen LogP contribution < -0.4 is 5.73 Å². The van der Waals surface area contributed by atoms with E-state index >= 15 is 0 Å². The van der Waals surface area contributed by atoms with Gasteiger partial charge in [-0.25, -0.2) is 0 Å². The van der Waals surface area contributed by atoms with Gasteiger partial charge in [0.05, 0.1) is 0 Å². The Kier molecular flexibility index (Phi) is 11.7. The molecule has 2 aliphatic rings. The first-order valence-corrected chi connectivity index (χ1v) is 12.5. The van der Waals surface area contributed by atoms with Gasteiger partial charge in [-0.2, -0.15) is 90.0 Å². The van der Waals surface area contributed by atoms with Crippen molar-refractivity contribution in [3.8, 4) is 22.3 Å². The molecule has 0 atom stereocenters. The Bertz CT molecular complexity index is 1260. The fourth-order valence-corrected chi connectivity index (χ4v) is 4.55. The summed E-state index contributed by atoms with van der Waals surface area (Å²) in [5.74, 6) is 0. The Morgan fingerprint density at radius 1 is 0.632 bits per heavy atom. The van der Waals surface area contributed by atoms with Crippen LogP contribution in [0.15, 0.2) is 122 Å². The van der Waals surface area contributed by atoms with Crippen molar-refractivity contribution in [1.82, 2.24) is 0 Å². The molecule has 0 aromatic heterocycles. The van der Waals surface area contributed by atoms with Gasteiger partial charge < -0.3 is 12.7 Å². The van der Waals surface area contributed by atoms with Crippen LogP contribution in [-0.2, 0) is 38.7 Å². The number of rotatable bonds is 1. The van der Waals surface area contributed by atoms with Gasteiger partial charge in [-0.3, -0.25) is 0 Å². The zero-order valence-corrected chi connectivity index (χ0v) is 25.2. The second-order valence-corrected chi connectivity index (χ2v) is 8.62. The van der Waals surface area contributed by atoms with Crippen molar-refractivity contribution in [3.05, 3.63) is 175 Å². The van der Waals surface area contributed by atoms with E-state index < -0.39 is 0 Å². The first-order chi connectivity index (χ1) is 18.2. The van der Waals surface area contributed by atoms with E-state index in [9.17, 15) is 0 Å². The largest absolute Gasteiger partial charge is 4.00 e. The molecule has 0 saturated heterocycles. The molecular formula is C36H31HfN. The van der Waals surface area contributed by atoms with E-state index in [2.05, 4.69) is 105 Å². The summed E-state index contributed by atoms with van der Waals surface area (Å²) in [6, 6.07) is 46.1. The molecule has 2 aliphatic carbocycles. The van der Waals surface area contributed by atoms with Crippen molar-refractivity contribution in [2.75, 3.05) is 6.54 Å². The molecule has 184 valence electrons. The van der Waals surface area contributed by atoms with Crippen LogP contribution in [0.3, 0.4) is 0 Å². The van der Waals surface area contributed by atoms with Crippen LogP contribution in [-0.4, -0.2) is 6.54 Å².